The van der Waals surface area contributed by atoms with Crippen LogP contribution < -0.4 is 10.1 Å². The number of anilines is 1. The quantitative estimate of drug-likeness (QED) is 0.904. The van der Waals surface area contributed by atoms with Gasteiger partial charge in [0.1, 0.15) is 11.6 Å². The summed E-state index contributed by atoms with van der Waals surface area (Å²) in [7, 11) is 1.58. The van der Waals surface area contributed by atoms with Gasteiger partial charge in [-0.2, -0.15) is 0 Å². The average Bonchev–Trinajstić information content (AvgIpc) is 2.88. The number of H-pyrrole nitrogens is 1. The fourth-order valence-corrected chi connectivity index (χ4v) is 2.03. The molecule has 1 amide bonds. The zero-order valence-corrected chi connectivity index (χ0v) is 12.1. The zero-order chi connectivity index (χ0) is 13.8. The van der Waals surface area contributed by atoms with Crippen LogP contribution in [0.3, 0.4) is 0 Å². The van der Waals surface area contributed by atoms with Gasteiger partial charge in [-0.1, -0.05) is 6.92 Å². The fourth-order valence-electron chi connectivity index (χ4n) is 1.49. The van der Waals surface area contributed by atoms with Gasteiger partial charge in [0.15, 0.2) is 0 Å². The summed E-state index contributed by atoms with van der Waals surface area (Å²) in [4.78, 5) is 16.0. The molecule has 1 aromatic heterocycles. The molecule has 19 heavy (non-hydrogen) atoms. The van der Waals surface area contributed by atoms with Crippen LogP contribution in [0.5, 0.6) is 5.75 Å². The Morgan fingerprint density at radius 3 is 2.89 bits per heavy atom. The number of hydrogen-bond donors (Lipinski definition) is 2. The van der Waals surface area contributed by atoms with Crippen molar-refractivity contribution in [1.29, 1.82) is 0 Å². The Morgan fingerprint density at radius 1 is 1.53 bits per heavy atom. The summed E-state index contributed by atoms with van der Waals surface area (Å²) in [6.45, 7) is 1.93. The van der Waals surface area contributed by atoms with Gasteiger partial charge in [-0.05, 0) is 34.1 Å². The normalized spacial score (nSPS) is 10.3. The summed E-state index contributed by atoms with van der Waals surface area (Å²) in [6.07, 6.45) is 0.703. The lowest BCUT2D eigenvalue weighted by atomic mass is 10.3. The van der Waals surface area contributed by atoms with E-state index in [9.17, 15) is 4.79 Å². The molecular weight excluding hydrogens is 312 g/mol. The predicted molar refractivity (Wildman–Crippen MR) is 74.4 cm³/mol. The molecule has 0 spiro atoms. The number of benzene rings is 1. The van der Waals surface area contributed by atoms with Crippen LogP contribution in [0.2, 0.25) is 0 Å². The molecule has 0 saturated heterocycles. The third-order valence-corrected chi connectivity index (χ3v) is 3.10. The second-order valence-electron chi connectivity index (χ2n) is 3.76. The van der Waals surface area contributed by atoms with E-state index in [0.29, 0.717) is 23.7 Å². The number of nitrogens with zero attached hydrogens (tertiary/aromatic N) is 2. The van der Waals surface area contributed by atoms with Crippen LogP contribution in [-0.4, -0.2) is 28.2 Å². The first-order chi connectivity index (χ1) is 9.13. The third-order valence-electron chi connectivity index (χ3n) is 2.48. The van der Waals surface area contributed by atoms with Gasteiger partial charge in [0.2, 0.25) is 5.82 Å². The second kappa shape index (κ2) is 5.83. The number of aromatic nitrogens is 3. The number of amides is 1. The summed E-state index contributed by atoms with van der Waals surface area (Å²) >= 11 is 3.36. The highest BCUT2D eigenvalue weighted by molar-refractivity contribution is 9.10. The number of carbonyl (C=O) groups is 1. The van der Waals surface area contributed by atoms with E-state index in [4.69, 9.17) is 4.74 Å². The minimum absolute atomic E-state index is 0.129. The van der Waals surface area contributed by atoms with E-state index in [0.717, 1.165) is 4.47 Å². The zero-order valence-electron chi connectivity index (χ0n) is 10.5. The number of aromatic amines is 1. The summed E-state index contributed by atoms with van der Waals surface area (Å²) in [5.41, 5.74) is 0.639. The van der Waals surface area contributed by atoms with Crippen molar-refractivity contribution in [2.75, 3.05) is 12.4 Å². The highest BCUT2D eigenvalue weighted by Gasteiger charge is 2.12. The molecule has 2 aromatic rings. The minimum atomic E-state index is -0.354. The number of aryl methyl sites for hydroxylation is 1. The molecule has 0 radical (unpaired) electrons. The van der Waals surface area contributed by atoms with Crippen molar-refractivity contribution in [3.05, 3.63) is 34.3 Å². The number of nitrogens with one attached hydrogen (secondary N) is 2. The van der Waals surface area contributed by atoms with Crippen LogP contribution >= 0.6 is 15.9 Å². The Balaban J connectivity index is 2.12. The van der Waals surface area contributed by atoms with E-state index in [1.807, 2.05) is 6.92 Å². The van der Waals surface area contributed by atoms with Crippen LogP contribution in [0.25, 0.3) is 0 Å². The molecule has 0 unspecified atom stereocenters. The van der Waals surface area contributed by atoms with Gasteiger partial charge in [-0.15, -0.1) is 5.10 Å². The lowest BCUT2D eigenvalue weighted by Gasteiger charge is -2.06. The highest BCUT2D eigenvalue weighted by Crippen LogP contribution is 2.27. The predicted octanol–water partition coefficient (Wildman–Crippen LogP) is 2.39. The summed E-state index contributed by atoms with van der Waals surface area (Å²) in [5, 5.41) is 9.27. The maximum absolute atomic E-state index is 11.9. The number of carbonyl (C=O) groups excluding carboxylic acids is 1. The minimum Gasteiger partial charge on any atom is -0.496 e. The van der Waals surface area contributed by atoms with Gasteiger partial charge in [-0.25, -0.2) is 4.98 Å². The lowest BCUT2D eigenvalue weighted by Crippen LogP contribution is -2.13. The topological polar surface area (TPSA) is 79.9 Å². The first kappa shape index (κ1) is 13.5. The molecule has 0 atom stereocenters. The molecule has 1 aromatic carbocycles. The van der Waals surface area contributed by atoms with Crippen LogP contribution in [0.1, 0.15) is 23.4 Å². The van der Waals surface area contributed by atoms with Crippen LogP contribution in [0.15, 0.2) is 22.7 Å². The molecular formula is C12H13BrN4O2. The standard InChI is InChI=1S/C12H13BrN4O2/c1-3-10-15-11(17-16-10)12(18)14-7-4-5-9(19-2)8(13)6-7/h4-6H,3H2,1-2H3,(H,14,18)(H,15,16,17). The Morgan fingerprint density at radius 2 is 2.32 bits per heavy atom. The first-order valence-corrected chi connectivity index (χ1v) is 6.49. The van der Waals surface area contributed by atoms with Crippen molar-refractivity contribution in [2.24, 2.45) is 0 Å². The van der Waals surface area contributed by atoms with Gasteiger partial charge >= 0.3 is 0 Å². The van der Waals surface area contributed by atoms with E-state index in [-0.39, 0.29) is 11.7 Å². The Labute approximate surface area is 118 Å². The van der Waals surface area contributed by atoms with Crippen LogP contribution in [-0.2, 0) is 6.42 Å². The van der Waals surface area contributed by atoms with Crippen molar-refractivity contribution in [3.8, 4) is 5.75 Å². The molecule has 0 bridgehead atoms. The van der Waals surface area contributed by atoms with Gasteiger partial charge in [0.05, 0.1) is 11.6 Å². The molecule has 0 fully saturated rings. The van der Waals surface area contributed by atoms with Gasteiger partial charge in [0, 0.05) is 12.1 Å². The number of halogens is 1. The van der Waals surface area contributed by atoms with Crippen molar-refractivity contribution in [1.82, 2.24) is 15.2 Å². The molecule has 6 nitrogen and oxygen atoms in total. The van der Waals surface area contributed by atoms with Crippen molar-refractivity contribution in [3.63, 3.8) is 0 Å². The molecule has 0 aliphatic heterocycles. The summed E-state index contributed by atoms with van der Waals surface area (Å²) < 4.78 is 5.88. The Kier molecular flexibility index (Phi) is 4.16. The van der Waals surface area contributed by atoms with Crippen molar-refractivity contribution >= 4 is 27.5 Å². The Bertz CT molecular complexity index is 597. The lowest BCUT2D eigenvalue weighted by molar-refractivity contribution is 0.101. The molecule has 7 heteroatoms. The maximum Gasteiger partial charge on any atom is 0.295 e. The Hall–Kier alpha value is -1.89. The SMILES string of the molecule is CCc1nc(C(=O)Nc2ccc(OC)c(Br)c2)n[nH]1. The maximum atomic E-state index is 11.9. The molecule has 2 N–H and O–H groups in total. The number of hydrogen-bond acceptors (Lipinski definition) is 4. The van der Waals surface area contributed by atoms with E-state index < -0.39 is 0 Å². The first-order valence-electron chi connectivity index (χ1n) is 5.70. The van der Waals surface area contributed by atoms with Crippen LogP contribution in [0, 0.1) is 0 Å². The average molecular weight is 325 g/mol. The number of ether oxygens (including phenoxy) is 1. The highest BCUT2D eigenvalue weighted by atomic mass is 79.9. The molecule has 100 valence electrons. The largest absolute Gasteiger partial charge is 0.496 e. The van der Waals surface area contributed by atoms with Gasteiger partial charge in [-0.3, -0.25) is 9.89 Å². The number of methoxy groups -OCH3 is 1. The van der Waals surface area contributed by atoms with Gasteiger partial charge < -0.3 is 10.1 Å². The molecule has 2 rings (SSSR count). The molecule has 0 saturated carbocycles. The third kappa shape index (κ3) is 3.11. The number of rotatable bonds is 4. The van der Waals surface area contributed by atoms with Crippen molar-refractivity contribution < 1.29 is 9.53 Å². The molecule has 0 aliphatic rings. The molecule has 0 aliphatic carbocycles. The second-order valence-corrected chi connectivity index (χ2v) is 4.62. The summed E-state index contributed by atoms with van der Waals surface area (Å²) in [6, 6.07) is 5.26. The van der Waals surface area contributed by atoms with E-state index in [1.54, 1.807) is 25.3 Å². The fraction of sp³-hybridized carbons (Fsp3) is 0.250. The van der Waals surface area contributed by atoms with E-state index in [1.165, 1.54) is 0 Å². The summed E-state index contributed by atoms with van der Waals surface area (Å²) in [5.74, 6) is 1.15. The van der Waals surface area contributed by atoms with Crippen LogP contribution in [0.4, 0.5) is 5.69 Å². The van der Waals surface area contributed by atoms with E-state index in [2.05, 4.69) is 36.4 Å². The monoisotopic (exact) mass is 324 g/mol. The van der Waals surface area contributed by atoms with E-state index >= 15 is 0 Å². The molecule has 1 heterocycles. The smallest absolute Gasteiger partial charge is 0.295 e. The van der Waals surface area contributed by atoms with Crippen molar-refractivity contribution in [2.45, 2.75) is 13.3 Å². The van der Waals surface area contributed by atoms with Gasteiger partial charge in [0.25, 0.3) is 5.91 Å².